The summed E-state index contributed by atoms with van der Waals surface area (Å²) in [5.41, 5.74) is 0. The minimum Gasteiger partial charge on any atom is -0.541 e. The van der Waals surface area contributed by atoms with E-state index in [9.17, 15) is 4.39 Å². The number of methoxy groups -OCH3 is 1. The Morgan fingerprint density at radius 3 is 2.18 bits per heavy atom. The highest BCUT2D eigenvalue weighted by Gasteiger charge is 2.39. The number of halogens is 1. The van der Waals surface area contributed by atoms with E-state index in [0.717, 1.165) is 0 Å². The van der Waals surface area contributed by atoms with Crippen LogP contribution >= 0.6 is 0 Å². The minimum absolute atomic E-state index is 0.104. The molecule has 4 heteroatoms. The number of rotatable bonds is 3. The summed E-state index contributed by atoms with van der Waals surface area (Å²) < 4.78 is 24.3. The molecule has 0 aliphatic carbocycles. The van der Waals surface area contributed by atoms with Gasteiger partial charge in [-0.25, -0.2) is 4.39 Å². The molecule has 0 radical (unpaired) electrons. The van der Waals surface area contributed by atoms with Crippen LogP contribution in [0.15, 0.2) is 18.2 Å². The van der Waals surface area contributed by atoms with Crippen molar-refractivity contribution in [2.24, 2.45) is 0 Å². The van der Waals surface area contributed by atoms with Crippen LogP contribution in [0.4, 0.5) is 4.39 Å². The molecule has 0 fully saturated rings. The highest BCUT2D eigenvalue weighted by molar-refractivity contribution is 6.74. The molecule has 17 heavy (non-hydrogen) atoms. The maximum Gasteiger partial charge on any atom is 0.250 e. The van der Waals surface area contributed by atoms with Gasteiger partial charge in [-0.15, -0.1) is 0 Å². The monoisotopic (exact) mass is 256 g/mol. The Balaban J connectivity index is 3.03. The first-order chi connectivity index (χ1) is 7.67. The van der Waals surface area contributed by atoms with Crippen LogP contribution in [-0.2, 0) is 0 Å². The Kier molecular flexibility index (Phi) is 3.87. The molecule has 0 aliphatic heterocycles. The molecule has 1 aromatic carbocycles. The van der Waals surface area contributed by atoms with E-state index in [4.69, 9.17) is 9.16 Å². The molecule has 0 amide bonds. The molecule has 0 unspecified atom stereocenters. The fraction of sp³-hybridized carbons (Fsp3) is 0.538. The lowest BCUT2D eigenvalue weighted by molar-refractivity contribution is 0.382. The van der Waals surface area contributed by atoms with E-state index in [-0.39, 0.29) is 10.9 Å². The first-order valence-corrected chi connectivity index (χ1v) is 8.61. The van der Waals surface area contributed by atoms with Crippen molar-refractivity contribution in [1.82, 2.24) is 0 Å². The van der Waals surface area contributed by atoms with Crippen LogP contribution in [0.2, 0.25) is 18.1 Å². The molecule has 0 N–H and O–H groups in total. The Morgan fingerprint density at radius 2 is 1.71 bits per heavy atom. The first kappa shape index (κ1) is 14.0. The second-order valence-electron chi connectivity index (χ2n) is 5.66. The number of hydrogen-bond donors (Lipinski definition) is 0. The Hall–Kier alpha value is -1.03. The van der Waals surface area contributed by atoms with E-state index in [1.807, 2.05) is 0 Å². The predicted molar refractivity (Wildman–Crippen MR) is 70.8 cm³/mol. The number of hydrogen-bond acceptors (Lipinski definition) is 2. The smallest absolute Gasteiger partial charge is 0.250 e. The molecule has 0 heterocycles. The minimum atomic E-state index is -1.91. The largest absolute Gasteiger partial charge is 0.541 e. The Bertz CT molecular complexity index is 397. The average molecular weight is 256 g/mol. The number of ether oxygens (including phenoxy) is 1. The third-order valence-electron chi connectivity index (χ3n) is 3.30. The molecular weight excluding hydrogens is 235 g/mol. The SMILES string of the molecule is COc1cc(F)ccc1O[Si](C)(C)C(C)(C)C. The predicted octanol–water partition coefficient (Wildman–Crippen LogP) is 4.22. The lowest BCUT2D eigenvalue weighted by atomic mass is 10.2. The molecular formula is C13H21FO2Si. The van der Waals surface area contributed by atoms with Crippen LogP contribution in [-0.4, -0.2) is 15.4 Å². The van der Waals surface area contributed by atoms with Gasteiger partial charge in [0.2, 0.25) is 0 Å². The van der Waals surface area contributed by atoms with E-state index in [1.165, 1.54) is 19.2 Å². The molecule has 96 valence electrons. The molecule has 1 aromatic rings. The molecule has 0 aromatic heterocycles. The zero-order chi connectivity index (χ0) is 13.3. The second-order valence-corrected chi connectivity index (χ2v) is 10.4. The van der Waals surface area contributed by atoms with Crippen molar-refractivity contribution >= 4 is 8.32 Å². The van der Waals surface area contributed by atoms with Crippen LogP contribution in [0.3, 0.4) is 0 Å². The fourth-order valence-corrected chi connectivity index (χ4v) is 2.18. The van der Waals surface area contributed by atoms with E-state index >= 15 is 0 Å². The van der Waals surface area contributed by atoms with Crippen LogP contribution in [0.1, 0.15) is 20.8 Å². The molecule has 2 nitrogen and oxygen atoms in total. The summed E-state index contributed by atoms with van der Waals surface area (Å²) in [6.45, 7) is 10.8. The molecule has 0 saturated heterocycles. The van der Waals surface area contributed by atoms with Crippen LogP contribution in [0.25, 0.3) is 0 Å². The van der Waals surface area contributed by atoms with Gasteiger partial charge in [0.05, 0.1) is 7.11 Å². The van der Waals surface area contributed by atoms with Gasteiger partial charge >= 0.3 is 0 Å². The molecule has 0 saturated carbocycles. The van der Waals surface area contributed by atoms with E-state index in [1.54, 1.807) is 6.07 Å². The fourth-order valence-electron chi connectivity index (χ4n) is 1.15. The molecule has 0 aliphatic rings. The van der Waals surface area contributed by atoms with Gasteiger partial charge < -0.3 is 9.16 Å². The van der Waals surface area contributed by atoms with E-state index in [0.29, 0.717) is 11.5 Å². The highest BCUT2D eigenvalue weighted by atomic mass is 28.4. The summed E-state index contributed by atoms with van der Waals surface area (Å²) in [4.78, 5) is 0. The zero-order valence-electron chi connectivity index (χ0n) is 11.4. The zero-order valence-corrected chi connectivity index (χ0v) is 12.4. The summed E-state index contributed by atoms with van der Waals surface area (Å²) in [7, 11) is -0.392. The maximum absolute atomic E-state index is 13.1. The van der Waals surface area contributed by atoms with E-state index < -0.39 is 8.32 Å². The van der Waals surface area contributed by atoms with Gasteiger partial charge in [0.25, 0.3) is 8.32 Å². The van der Waals surface area contributed by atoms with Crippen molar-refractivity contribution in [2.45, 2.75) is 38.9 Å². The highest BCUT2D eigenvalue weighted by Crippen LogP contribution is 2.39. The van der Waals surface area contributed by atoms with Crippen LogP contribution in [0.5, 0.6) is 11.5 Å². The molecule has 0 atom stereocenters. The van der Waals surface area contributed by atoms with Crippen molar-refractivity contribution in [3.63, 3.8) is 0 Å². The van der Waals surface area contributed by atoms with Gasteiger partial charge in [-0.1, -0.05) is 20.8 Å². The summed E-state index contributed by atoms with van der Waals surface area (Å²) in [5, 5.41) is 0.104. The maximum atomic E-state index is 13.1. The van der Waals surface area contributed by atoms with E-state index in [2.05, 4.69) is 33.9 Å². The normalized spacial score (nSPS) is 12.4. The topological polar surface area (TPSA) is 18.5 Å². The quantitative estimate of drug-likeness (QED) is 0.754. The summed E-state index contributed by atoms with van der Waals surface area (Å²) in [6, 6.07) is 4.38. The van der Waals surface area contributed by atoms with Crippen molar-refractivity contribution in [3.8, 4) is 11.5 Å². The van der Waals surface area contributed by atoms with Gasteiger partial charge in [0.15, 0.2) is 5.75 Å². The molecule has 1 rings (SSSR count). The van der Waals surface area contributed by atoms with Crippen LogP contribution in [0, 0.1) is 5.82 Å². The lowest BCUT2D eigenvalue weighted by Gasteiger charge is -2.36. The Morgan fingerprint density at radius 1 is 1.12 bits per heavy atom. The first-order valence-electron chi connectivity index (χ1n) is 5.70. The summed E-state index contributed by atoms with van der Waals surface area (Å²) >= 11 is 0. The molecule has 0 spiro atoms. The van der Waals surface area contributed by atoms with Crippen molar-refractivity contribution < 1.29 is 13.6 Å². The van der Waals surface area contributed by atoms with Gasteiger partial charge in [-0.05, 0) is 30.3 Å². The lowest BCUT2D eigenvalue weighted by Crippen LogP contribution is -2.43. The van der Waals surface area contributed by atoms with Gasteiger partial charge in [0.1, 0.15) is 11.6 Å². The van der Waals surface area contributed by atoms with Crippen molar-refractivity contribution in [1.29, 1.82) is 0 Å². The summed E-state index contributed by atoms with van der Waals surface area (Å²) in [5.74, 6) is 0.764. The standard InChI is InChI=1S/C13H21FO2Si/c1-13(2,3)17(5,6)16-11-8-7-10(14)9-12(11)15-4/h7-9H,1-6H3. The Labute approximate surface area is 104 Å². The van der Waals surface area contributed by atoms with Crippen molar-refractivity contribution in [3.05, 3.63) is 24.0 Å². The third kappa shape index (κ3) is 3.22. The second kappa shape index (κ2) is 4.68. The molecule has 0 bridgehead atoms. The van der Waals surface area contributed by atoms with Gasteiger partial charge in [0, 0.05) is 6.07 Å². The third-order valence-corrected chi connectivity index (χ3v) is 7.64. The van der Waals surface area contributed by atoms with Crippen LogP contribution < -0.4 is 9.16 Å². The van der Waals surface area contributed by atoms with Gasteiger partial charge in [-0.2, -0.15) is 0 Å². The van der Waals surface area contributed by atoms with Crippen molar-refractivity contribution in [2.75, 3.05) is 7.11 Å². The number of benzene rings is 1. The summed E-state index contributed by atoms with van der Waals surface area (Å²) in [6.07, 6.45) is 0. The average Bonchev–Trinajstić information content (AvgIpc) is 2.18. The van der Waals surface area contributed by atoms with Gasteiger partial charge in [-0.3, -0.25) is 0 Å².